The SMILES string of the molecule is CC(CN1CCSCC1)C(N)c1ccccc1F. The molecular weight excluding hydrogens is 247 g/mol. The Balaban J connectivity index is 1.95. The van der Waals surface area contributed by atoms with E-state index in [9.17, 15) is 4.39 Å². The highest BCUT2D eigenvalue weighted by atomic mass is 32.2. The summed E-state index contributed by atoms with van der Waals surface area (Å²) >= 11 is 2.00. The first-order chi connectivity index (χ1) is 8.68. The van der Waals surface area contributed by atoms with Crippen LogP contribution in [0.2, 0.25) is 0 Å². The highest BCUT2D eigenvalue weighted by Crippen LogP contribution is 2.23. The lowest BCUT2D eigenvalue weighted by Crippen LogP contribution is -2.38. The van der Waals surface area contributed by atoms with Gasteiger partial charge in [-0.25, -0.2) is 4.39 Å². The van der Waals surface area contributed by atoms with Gasteiger partial charge in [0.15, 0.2) is 0 Å². The van der Waals surface area contributed by atoms with Gasteiger partial charge in [0.25, 0.3) is 0 Å². The van der Waals surface area contributed by atoms with E-state index in [1.807, 2.05) is 17.8 Å². The van der Waals surface area contributed by atoms with Crippen LogP contribution in [0.15, 0.2) is 24.3 Å². The summed E-state index contributed by atoms with van der Waals surface area (Å²) in [4.78, 5) is 2.43. The molecule has 0 bridgehead atoms. The third kappa shape index (κ3) is 3.46. The number of hydrogen-bond donors (Lipinski definition) is 1. The molecule has 1 aliphatic heterocycles. The van der Waals surface area contributed by atoms with Crippen molar-refractivity contribution in [3.8, 4) is 0 Å². The monoisotopic (exact) mass is 268 g/mol. The van der Waals surface area contributed by atoms with Crippen LogP contribution in [0.25, 0.3) is 0 Å². The van der Waals surface area contributed by atoms with Crippen LogP contribution in [0.3, 0.4) is 0 Å². The number of hydrogen-bond acceptors (Lipinski definition) is 3. The average molecular weight is 268 g/mol. The third-order valence-corrected chi connectivity index (χ3v) is 4.47. The molecule has 2 nitrogen and oxygen atoms in total. The Labute approximate surface area is 113 Å². The largest absolute Gasteiger partial charge is 0.324 e. The Morgan fingerprint density at radius 2 is 2.00 bits per heavy atom. The van der Waals surface area contributed by atoms with E-state index in [0.717, 1.165) is 19.6 Å². The van der Waals surface area contributed by atoms with Crippen molar-refractivity contribution in [1.29, 1.82) is 0 Å². The maximum Gasteiger partial charge on any atom is 0.127 e. The van der Waals surface area contributed by atoms with E-state index in [1.165, 1.54) is 17.6 Å². The molecule has 1 aromatic carbocycles. The van der Waals surface area contributed by atoms with Gasteiger partial charge in [-0.2, -0.15) is 11.8 Å². The molecule has 2 N–H and O–H groups in total. The summed E-state index contributed by atoms with van der Waals surface area (Å²) in [5.41, 5.74) is 6.82. The summed E-state index contributed by atoms with van der Waals surface area (Å²) in [7, 11) is 0. The molecule has 0 spiro atoms. The maximum absolute atomic E-state index is 13.7. The van der Waals surface area contributed by atoms with E-state index in [0.29, 0.717) is 5.56 Å². The lowest BCUT2D eigenvalue weighted by atomic mass is 9.94. The van der Waals surface area contributed by atoms with Crippen LogP contribution in [-0.2, 0) is 0 Å². The van der Waals surface area contributed by atoms with E-state index in [2.05, 4.69) is 11.8 Å². The van der Waals surface area contributed by atoms with Crippen LogP contribution in [0, 0.1) is 11.7 Å². The first-order valence-corrected chi connectivity index (χ1v) is 7.64. The van der Waals surface area contributed by atoms with Gasteiger partial charge in [-0.15, -0.1) is 0 Å². The molecule has 2 rings (SSSR count). The number of nitrogens with two attached hydrogens (primary N) is 1. The van der Waals surface area contributed by atoms with Gasteiger partial charge >= 0.3 is 0 Å². The molecule has 1 aromatic rings. The van der Waals surface area contributed by atoms with E-state index >= 15 is 0 Å². The third-order valence-electron chi connectivity index (χ3n) is 3.53. The van der Waals surface area contributed by atoms with Crippen molar-refractivity contribution in [3.05, 3.63) is 35.6 Å². The van der Waals surface area contributed by atoms with Crippen LogP contribution >= 0.6 is 11.8 Å². The molecule has 4 heteroatoms. The number of halogens is 1. The summed E-state index contributed by atoms with van der Waals surface area (Å²) in [6, 6.07) is 6.61. The topological polar surface area (TPSA) is 29.3 Å². The van der Waals surface area contributed by atoms with Crippen molar-refractivity contribution in [2.24, 2.45) is 11.7 Å². The molecule has 1 heterocycles. The van der Waals surface area contributed by atoms with Crippen LogP contribution in [0.5, 0.6) is 0 Å². The highest BCUT2D eigenvalue weighted by Gasteiger charge is 2.21. The van der Waals surface area contributed by atoms with Gasteiger partial charge in [-0.3, -0.25) is 0 Å². The molecule has 1 aliphatic rings. The zero-order valence-electron chi connectivity index (χ0n) is 10.8. The Bertz CT molecular complexity index is 380. The molecule has 0 aliphatic carbocycles. The molecule has 0 amide bonds. The summed E-state index contributed by atoms with van der Waals surface area (Å²) < 4.78 is 13.7. The van der Waals surface area contributed by atoms with Gasteiger partial charge in [0.1, 0.15) is 5.82 Å². The predicted octanol–water partition coefficient (Wildman–Crippen LogP) is 2.51. The molecule has 0 saturated carbocycles. The Hall–Kier alpha value is -0.580. The quantitative estimate of drug-likeness (QED) is 0.910. The lowest BCUT2D eigenvalue weighted by molar-refractivity contribution is 0.240. The van der Waals surface area contributed by atoms with Crippen LogP contribution in [0.4, 0.5) is 4.39 Å². The molecule has 1 saturated heterocycles. The molecule has 0 aromatic heterocycles. The van der Waals surface area contributed by atoms with E-state index in [1.54, 1.807) is 12.1 Å². The fourth-order valence-electron chi connectivity index (χ4n) is 2.36. The van der Waals surface area contributed by atoms with E-state index < -0.39 is 0 Å². The van der Waals surface area contributed by atoms with Crippen molar-refractivity contribution in [2.45, 2.75) is 13.0 Å². The zero-order chi connectivity index (χ0) is 13.0. The first kappa shape index (κ1) is 13.8. The second-order valence-electron chi connectivity index (χ2n) is 4.94. The van der Waals surface area contributed by atoms with Crippen molar-refractivity contribution in [2.75, 3.05) is 31.1 Å². The summed E-state index contributed by atoms with van der Waals surface area (Å²) in [6.07, 6.45) is 0. The highest BCUT2D eigenvalue weighted by molar-refractivity contribution is 7.99. The minimum Gasteiger partial charge on any atom is -0.324 e. The van der Waals surface area contributed by atoms with Gasteiger partial charge in [-0.05, 0) is 12.0 Å². The second kappa shape index (κ2) is 6.55. The molecule has 2 atom stereocenters. The summed E-state index contributed by atoms with van der Waals surface area (Å²) in [5, 5.41) is 0. The van der Waals surface area contributed by atoms with Gasteiger partial charge < -0.3 is 10.6 Å². The second-order valence-corrected chi connectivity index (χ2v) is 6.16. The standard InChI is InChI=1S/C14H21FN2S/c1-11(10-17-6-8-18-9-7-17)14(16)12-4-2-3-5-13(12)15/h2-5,11,14H,6-10,16H2,1H3. The van der Waals surface area contributed by atoms with E-state index in [4.69, 9.17) is 5.73 Å². The number of rotatable bonds is 4. The van der Waals surface area contributed by atoms with Crippen LogP contribution in [0.1, 0.15) is 18.5 Å². The minimum atomic E-state index is -0.222. The van der Waals surface area contributed by atoms with Crippen molar-refractivity contribution in [1.82, 2.24) is 4.90 Å². The molecule has 1 fully saturated rings. The number of thioether (sulfide) groups is 1. The normalized spacial score (nSPS) is 20.6. The first-order valence-electron chi connectivity index (χ1n) is 6.48. The summed E-state index contributed by atoms with van der Waals surface area (Å²) in [5.74, 6) is 2.47. The van der Waals surface area contributed by atoms with Crippen molar-refractivity contribution in [3.63, 3.8) is 0 Å². The minimum absolute atomic E-state index is 0.189. The molecule has 18 heavy (non-hydrogen) atoms. The van der Waals surface area contributed by atoms with Crippen LogP contribution < -0.4 is 5.73 Å². The Morgan fingerprint density at radius 3 is 2.67 bits per heavy atom. The van der Waals surface area contributed by atoms with Gasteiger partial charge in [0.2, 0.25) is 0 Å². The number of benzene rings is 1. The fraction of sp³-hybridized carbons (Fsp3) is 0.571. The van der Waals surface area contributed by atoms with Gasteiger partial charge in [-0.1, -0.05) is 25.1 Å². The maximum atomic E-state index is 13.7. The van der Waals surface area contributed by atoms with Crippen molar-refractivity contribution >= 4 is 11.8 Å². The van der Waals surface area contributed by atoms with Gasteiger partial charge in [0, 0.05) is 42.7 Å². The van der Waals surface area contributed by atoms with E-state index in [-0.39, 0.29) is 17.8 Å². The zero-order valence-corrected chi connectivity index (χ0v) is 11.6. The fourth-order valence-corrected chi connectivity index (χ4v) is 3.34. The predicted molar refractivity (Wildman–Crippen MR) is 76.3 cm³/mol. The molecule has 2 unspecified atom stereocenters. The Morgan fingerprint density at radius 1 is 1.33 bits per heavy atom. The average Bonchev–Trinajstić information content (AvgIpc) is 2.39. The molecular formula is C14H21FN2S. The van der Waals surface area contributed by atoms with Crippen molar-refractivity contribution < 1.29 is 4.39 Å². The lowest BCUT2D eigenvalue weighted by Gasteiger charge is -2.31. The molecule has 100 valence electrons. The summed E-state index contributed by atoms with van der Waals surface area (Å²) in [6.45, 7) is 5.31. The smallest absolute Gasteiger partial charge is 0.127 e. The number of nitrogens with zero attached hydrogens (tertiary/aromatic N) is 1. The van der Waals surface area contributed by atoms with Gasteiger partial charge in [0.05, 0.1) is 0 Å². The molecule has 0 radical (unpaired) electrons. The van der Waals surface area contributed by atoms with Crippen LogP contribution in [-0.4, -0.2) is 36.0 Å². The Kier molecular flexibility index (Phi) is 5.03.